The number of benzene rings is 1. The summed E-state index contributed by atoms with van der Waals surface area (Å²) in [4.78, 5) is 66.2. The van der Waals surface area contributed by atoms with E-state index in [-0.39, 0.29) is 50.1 Å². The predicted molar refractivity (Wildman–Crippen MR) is 171 cm³/mol. The minimum Gasteiger partial charge on any atom is -0.480 e. The molecule has 1 aromatic rings. The van der Waals surface area contributed by atoms with Gasteiger partial charge in [-0.25, -0.2) is 17.9 Å². The molecule has 7 N–H and O–H groups in total. The average Bonchev–Trinajstić information content (AvgIpc) is 2.96. The molecule has 4 amide bonds. The molecule has 1 aromatic carbocycles. The molecule has 276 valence electrons. The lowest BCUT2D eigenvalue weighted by Gasteiger charge is -2.31. The molecule has 20 heteroatoms. The van der Waals surface area contributed by atoms with E-state index < -0.39 is 76.2 Å². The van der Waals surface area contributed by atoms with Crippen LogP contribution in [0.5, 0.6) is 0 Å². The summed E-state index contributed by atoms with van der Waals surface area (Å²) in [6.45, 7) is 5.25. The zero-order valence-electron chi connectivity index (χ0n) is 27.8. The third-order valence-corrected chi connectivity index (χ3v) is 7.84. The van der Waals surface area contributed by atoms with Crippen molar-refractivity contribution in [3.8, 4) is 0 Å². The van der Waals surface area contributed by atoms with E-state index >= 15 is 0 Å². The minimum atomic E-state index is -5.07. The number of aliphatic carboxylic acids is 1. The van der Waals surface area contributed by atoms with Crippen molar-refractivity contribution in [2.45, 2.75) is 88.6 Å². The fourth-order valence-corrected chi connectivity index (χ4v) is 5.05. The van der Waals surface area contributed by atoms with Gasteiger partial charge in [0.25, 0.3) is 10.0 Å². The van der Waals surface area contributed by atoms with Gasteiger partial charge in [-0.3, -0.25) is 24.2 Å². The number of halogens is 3. The number of hydrogen-bond donors (Lipinski definition) is 6. The Balaban J connectivity index is 3.07. The summed E-state index contributed by atoms with van der Waals surface area (Å²) < 4.78 is 69.8. The molecular weight excluding hydrogens is 679 g/mol. The number of alkyl halides is 3. The summed E-state index contributed by atoms with van der Waals surface area (Å²) in [5.41, 5.74) is 5.63. The SMILES string of the molecule is Cc1ccc(S(=O)(=O)NC(N)=NCCC[C@@H](C(=O)NCC(=O)O)N(C)C(=O)[C@@H](CCCCNC(=O)C(F)(F)F)NC(=O)OC(C)(C)C)cc1. The lowest BCUT2D eigenvalue weighted by Crippen LogP contribution is -2.55. The smallest absolute Gasteiger partial charge is 0.471 e. The number of guanidine groups is 1. The van der Waals surface area contributed by atoms with Crippen molar-refractivity contribution in [2.24, 2.45) is 10.7 Å². The minimum absolute atomic E-state index is 0.000927. The van der Waals surface area contributed by atoms with E-state index in [0.717, 1.165) is 10.5 Å². The van der Waals surface area contributed by atoms with Crippen molar-refractivity contribution in [3.63, 3.8) is 0 Å². The van der Waals surface area contributed by atoms with Crippen LogP contribution in [-0.4, -0.2) is 105 Å². The van der Waals surface area contributed by atoms with E-state index in [1.807, 2.05) is 0 Å². The Morgan fingerprint density at radius 1 is 1.00 bits per heavy atom. The molecular formula is C29H44F3N7O9S. The third-order valence-electron chi connectivity index (χ3n) is 6.47. The second-order valence-corrected chi connectivity index (χ2v) is 13.5. The molecule has 0 bridgehead atoms. The Morgan fingerprint density at radius 3 is 2.16 bits per heavy atom. The number of nitrogens with zero attached hydrogens (tertiary/aromatic N) is 2. The monoisotopic (exact) mass is 723 g/mol. The van der Waals surface area contributed by atoms with Gasteiger partial charge >= 0.3 is 24.1 Å². The number of carboxylic acids is 1. The second kappa shape index (κ2) is 18.8. The maximum atomic E-state index is 13.6. The van der Waals surface area contributed by atoms with Crippen molar-refractivity contribution < 1.29 is 55.4 Å². The number of ether oxygens (including phenoxy) is 1. The van der Waals surface area contributed by atoms with E-state index in [9.17, 15) is 45.6 Å². The van der Waals surface area contributed by atoms with Crippen molar-refractivity contribution >= 4 is 45.8 Å². The number of alkyl carbamates (subject to hydrolysis) is 1. The summed E-state index contributed by atoms with van der Waals surface area (Å²) in [5.74, 6) is -5.60. The molecule has 2 atom stereocenters. The quantitative estimate of drug-likeness (QED) is 0.0761. The molecule has 16 nitrogen and oxygen atoms in total. The topological polar surface area (TPSA) is 239 Å². The van der Waals surface area contributed by atoms with Gasteiger partial charge in [0.15, 0.2) is 0 Å². The number of rotatable bonds is 17. The Labute approximate surface area is 282 Å². The molecule has 0 aromatic heterocycles. The van der Waals surface area contributed by atoms with Crippen LogP contribution in [0.2, 0.25) is 0 Å². The number of likely N-dealkylation sites (N-methyl/N-ethyl adjacent to an activating group) is 1. The number of amides is 4. The molecule has 0 aliphatic heterocycles. The van der Waals surface area contributed by atoms with Gasteiger partial charge in [0.2, 0.25) is 17.8 Å². The number of hydrogen-bond acceptors (Lipinski definition) is 9. The fraction of sp³-hybridized carbons (Fsp3) is 0.586. The largest absolute Gasteiger partial charge is 0.480 e. The van der Waals surface area contributed by atoms with Crippen LogP contribution in [0.25, 0.3) is 0 Å². The number of nitrogens with two attached hydrogens (primary N) is 1. The van der Waals surface area contributed by atoms with E-state index in [0.29, 0.717) is 0 Å². The number of aliphatic imine (C=N–C) groups is 1. The maximum absolute atomic E-state index is 13.6. The average molecular weight is 724 g/mol. The summed E-state index contributed by atoms with van der Waals surface area (Å²) in [6.07, 6.45) is -6.19. The van der Waals surface area contributed by atoms with Gasteiger partial charge in [0.1, 0.15) is 24.2 Å². The zero-order chi connectivity index (χ0) is 37.6. The van der Waals surface area contributed by atoms with Crippen LogP contribution in [-0.2, 0) is 33.9 Å². The maximum Gasteiger partial charge on any atom is 0.471 e. The fourth-order valence-electron chi connectivity index (χ4n) is 4.09. The molecule has 0 radical (unpaired) electrons. The van der Waals surface area contributed by atoms with Crippen LogP contribution in [0.3, 0.4) is 0 Å². The molecule has 1 rings (SSSR count). The Hall–Kier alpha value is -4.62. The van der Waals surface area contributed by atoms with Gasteiger partial charge in [-0.2, -0.15) is 13.2 Å². The first-order valence-corrected chi connectivity index (χ1v) is 16.5. The molecule has 0 aliphatic carbocycles. The molecule has 0 saturated carbocycles. The Bertz CT molecular complexity index is 1450. The zero-order valence-corrected chi connectivity index (χ0v) is 28.7. The first kappa shape index (κ1) is 42.4. The van der Waals surface area contributed by atoms with Gasteiger partial charge in [-0.05, 0) is 71.9 Å². The van der Waals surface area contributed by atoms with Crippen LogP contribution >= 0.6 is 0 Å². The molecule has 0 unspecified atom stereocenters. The highest BCUT2D eigenvalue weighted by Gasteiger charge is 2.38. The predicted octanol–water partition coefficient (Wildman–Crippen LogP) is 1.14. The number of aryl methyl sites for hydroxylation is 1. The van der Waals surface area contributed by atoms with Crippen molar-refractivity contribution in [2.75, 3.05) is 26.7 Å². The molecule has 49 heavy (non-hydrogen) atoms. The molecule has 0 fully saturated rings. The summed E-state index contributed by atoms with van der Waals surface area (Å²) in [7, 11) is -2.80. The van der Waals surface area contributed by atoms with Crippen LogP contribution in [0.4, 0.5) is 18.0 Å². The number of carbonyl (C=O) groups is 5. The van der Waals surface area contributed by atoms with Gasteiger partial charge in [0, 0.05) is 20.1 Å². The van der Waals surface area contributed by atoms with E-state index in [4.69, 9.17) is 15.6 Å². The highest BCUT2D eigenvalue weighted by atomic mass is 32.2. The van der Waals surface area contributed by atoms with E-state index in [1.165, 1.54) is 19.2 Å². The highest BCUT2D eigenvalue weighted by molar-refractivity contribution is 7.90. The van der Waals surface area contributed by atoms with Gasteiger partial charge in [-0.1, -0.05) is 17.7 Å². The van der Waals surface area contributed by atoms with Crippen molar-refractivity contribution in [3.05, 3.63) is 29.8 Å². The van der Waals surface area contributed by atoms with Crippen LogP contribution in [0.15, 0.2) is 34.2 Å². The standard InChI is InChI=1S/C29H44F3N7O9S/c1-18-11-13-19(14-12-18)49(46,47)38-26(33)35-16-8-10-21(23(42)36-17-22(40)41)39(5)24(43)20(37-27(45)48-28(2,3)4)9-6-7-15-34-25(44)29(30,31)32/h11-14,20-21H,6-10,15-17H2,1-5H3,(H,34,44)(H,36,42)(H,37,45)(H,40,41)(H3,33,35,38)/t20-,21+/m1/s1. The second-order valence-electron chi connectivity index (χ2n) is 11.9. The van der Waals surface area contributed by atoms with Crippen LogP contribution < -0.4 is 26.4 Å². The van der Waals surface area contributed by atoms with Gasteiger partial charge < -0.3 is 36.4 Å². The molecule has 0 spiro atoms. The first-order valence-electron chi connectivity index (χ1n) is 15.0. The number of unbranched alkanes of at least 4 members (excludes halogenated alkanes) is 1. The molecule has 0 aliphatic rings. The number of nitrogens with one attached hydrogen (secondary N) is 4. The molecule has 0 heterocycles. The number of carbonyl (C=O) groups excluding carboxylic acids is 4. The van der Waals surface area contributed by atoms with Crippen LogP contribution in [0.1, 0.15) is 58.4 Å². The third kappa shape index (κ3) is 16.4. The highest BCUT2D eigenvalue weighted by Crippen LogP contribution is 2.16. The summed E-state index contributed by atoms with van der Waals surface area (Å²) in [6, 6.07) is 3.32. The summed E-state index contributed by atoms with van der Waals surface area (Å²) >= 11 is 0. The Morgan fingerprint density at radius 2 is 1.61 bits per heavy atom. The van der Waals surface area contributed by atoms with Gasteiger partial charge in [0.05, 0.1) is 4.90 Å². The lowest BCUT2D eigenvalue weighted by molar-refractivity contribution is -0.173. The summed E-state index contributed by atoms with van der Waals surface area (Å²) in [5, 5.41) is 15.3. The first-order chi connectivity index (χ1) is 22.5. The van der Waals surface area contributed by atoms with Crippen LogP contribution in [0, 0.1) is 6.92 Å². The Kier molecular flexibility index (Phi) is 16.3. The van der Waals surface area contributed by atoms with Crippen molar-refractivity contribution in [1.29, 1.82) is 0 Å². The van der Waals surface area contributed by atoms with Crippen molar-refractivity contribution in [1.82, 2.24) is 25.6 Å². The lowest BCUT2D eigenvalue weighted by atomic mass is 10.0. The number of sulfonamides is 1. The van der Waals surface area contributed by atoms with E-state index in [1.54, 1.807) is 45.1 Å². The normalized spacial score (nSPS) is 13.4. The molecule has 0 saturated heterocycles. The number of carboxylic acid groups (broad SMARTS) is 1. The van der Waals surface area contributed by atoms with E-state index in [2.05, 4.69) is 20.3 Å². The van der Waals surface area contributed by atoms with Gasteiger partial charge in [-0.15, -0.1) is 0 Å².